The van der Waals surface area contributed by atoms with Crippen molar-refractivity contribution in [3.8, 4) is 10.8 Å². The monoisotopic (exact) mass is 402 g/mol. The van der Waals surface area contributed by atoms with Crippen molar-refractivity contribution in [3.63, 3.8) is 0 Å². The Bertz CT molecular complexity index is 891. The van der Waals surface area contributed by atoms with E-state index < -0.39 is 11.8 Å². The molecule has 4 rings (SSSR count). The highest BCUT2D eigenvalue weighted by Crippen LogP contribution is 2.26. The van der Waals surface area contributed by atoms with Crippen LogP contribution in [0.2, 0.25) is 0 Å². The van der Waals surface area contributed by atoms with E-state index in [9.17, 15) is 14.4 Å². The molecule has 2 aliphatic heterocycles. The summed E-state index contributed by atoms with van der Waals surface area (Å²) in [6.45, 7) is 4.68. The number of likely N-dealkylation sites (tertiary alicyclic amines) is 1. The van der Waals surface area contributed by atoms with Gasteiger partial charge in [0.15, 0.2) is 10.8 Å². The number of rotatable bonds is 2. The minimum Gasteiger partial charge on any atom is -0.459 e. The van der Waals surface area contributed by atoms with Gasteiger partial charge in [0.25, 0.3) is 5.91 Å². The summed E-state index contributed by atoms with van der Waals surface area (Å²) in [5, 5.41) is 2.39. The van der Waals surface area contributed by atoms with Crippen molar-refractivity contribution < 1.29 is 18.8 Å². The number of aryl methyl sites for hydroxylation is 1. The molecule has 0 atom stereocenters. The van der Waals surface area contributed by atoms with E-state index in [-0.39, 0.29) is 5.91 Å². The predicted octanol–water partition coefficient (Wildman–Crippen LogP) is 1.62. The molecule has 9 heteroatoms. The minimum atomic E-state index is -0.460. The number of hydrogen-bond acceptors (Lipinski definition) is 6. The van der Waals surface area contributed by atoms with Crippen LogP contribution in [0.3, 0.4) is 0 Å². The standard InChI is InChI=1S/C19H22N4O4S/c1-13-4-5-15(27-13)16-20-14(12-28-16)17(24)22-8-10-23(11-9-22)19(26)18(25)21-6-2-3-7-21/h4-5,12H,2-3,6-11H2,1H3. The van der Waals surface area contributed by atoms with Gasteiger partial charge < -0.3 is 19.1 Å². The van der Waals surface area contributed by atoms with E-state index in [2.05, 4.69) is 4.98 Å². The highest BCUT2D eigenvalue weighted by molar-refractivity contribution is 7.13. The molecule has 0 N–H and O–H groups in total. The summed E-state index contributed by atoms with van der Waals surface area (Å²) in [6, 6.07) is 3.70. The fourth-order valence-electron chi connectivity index (χ4n) is 3.50. The van der Waals surface area contributed by atoms with E-state index in [0.29, 0.717) is 55.7 Å². The fraction of sp³-hybridized carbons (Fsp3) is 0.474. The Labute approximate surface area is 166 Å². The van der Waals surface area contributed by atoms with Gasteiger partial charge in [-0.05, 0) is 31.9 Å². The first-order valence-corrected chi connectivity index (χ1v) is 10.3. The SMILES string of the molecule is Cc1ccc(-c2nc(C(=O)N3CCN(C(=O)C(=O)N4CCCC4)CC3)cs2)o1. The number of carbonyl (C=O) groups is 3. The van der Waals surface area contributed by atoms with Gasteiger partial charge in [0.05, 0.1) is 0 Å². The molecule has 0 aliphatic carbocycles. The van der Waals surface area contributed by atoms with Crippen LogP contribution < -0.4 is 0 Å². The summed E-state index contributed by atoms with van der Waals surface area (Å²) in [4.78, 5) is 46.6. The molecule has 28 heavy (non-hydrogen) atoms. The van der Waals surface area contributed by atoms with Crippen LogP contribution in [0.5, 0.6) is 0 Å². The van der Waals surface area contributed by atoms with Gasteiger partial charge in [-0.3, -0.25) is 14.4 Å². The van der Waals surface area contributed by atoms with E-state index in [4.69, 9.17) is 4.42 Å². The Balaban J connectivity index is 1.34. The van der Waals surface area contributed by atoms with Crippen molar-refractivity contribution in [1.82, 2.24) is 19.7 Å². The molecule has 8 nitrogen and oxygen atoms in total. The second-order valence-corrected chi connectivity index (χ2v) is 7.89. The van der Waals surface area contributed by atoms with Crippen molar-refractivity contribution in [2.24, 2.45) is 0 Å². The average molecular weight is 402 g/mol. The van der Waals surface area contributed by atoms with Crippen LogP contribution in [0.4, 0.5) is 0 Å². The van der Waals surface area contributed by atoms with Gasteiger partial charge in [0, 0.05) is 44.6 Å². The number of piperazine rings is 1. The average Bonchev–Trinajstić information content (AvgIpc) is 3.47. The van der Waals surface area contributed by atoms with Crippen molar-refractivity contribution in [2.45, 2.75) is 19.8 Å². The third-order valence-corrected chi connectivity index (χ3v) is 5.96. The molecule has 0 spiro atoms. The summed E-state index contributed by atoms with van der Waals surface area (Å²) in [7, 11) is 0. The van der Waals surface area contributed by atoms with E-state index in [1.807, 2.05) is 19.1 Å². The smallest absolute Gasteiger partial charge is 0.312 e. The number of furan rings is 1. The summed E-state index contributed by atoms with van der Waals surface area (Å²) in [5.41, 5.74) is 0.377. The molecule has 2 aliphatic rings. The first kappa shape index (κ1) is 18.7. The Morgan fingerprint density at radius 3 is 2.14 bits per heavy atom. The normalized spacial score (nSPS) is 17.2. The quantitative estimate of drug-likeness (QED) is 0.713. The third kappa shape index (κ3) is 3.66. The first-order chi connectivity index (χ1) is 13.5. The molecule has 0 bridgehead atoms. The molecule has 0 saturated carbocycles. The van der Waals surface area contributed by atoms with Crippen LogP contribution in [-0.2, 0) is 9.59 Å². The Kier molecular flexibility index (Phi) is 5.17. The maximum Gasteiger partial charge on any atom is 0.312 e. The lowest BCUT2D eigenvalue weighted by molar-refractivity contribution is -0.152. The van der Waals surface area contributed by atoms with Crippen LogP contribution in [0.15, 0.2) is 21.9 Å². The molecule has 0 aromatic carbocycles. The lowest BCUT2D eigenvalue weighted by atomic mass is 10.2. The molecule has 2 aromatic rings. The number of carbonyl (C=O) groups excluding carboxylic acids is 3. The van der Waals surface area contributed by atoms with Gasteiger partial charge in [-0.15, -0.1) is 11.3 Å². The summed E-state index contributed by atoms with van der Waals surface area (Å²) in [5.74, 6) is 0.400. The van der Waals surface area contributed by atoms with Crippen molar-refractivity contribution in [3.05, 3.63) is 29.0 Å². The number of nitrogens with zero attached hydrogens (tertiary/aromatic N) is 4. The zero-order chi connectivity index (χ0) is 19.7. The van der Waals surface area contributed by atoms with Crippen LogP contribution in [-0.4, -0.2) is 76.7 Å². The number of aromatic nitrogens is 1. The Hall–Kier alpha value is -2.68. The molecule has 2 fully saturated rings. The molecule has 2 aromatic heterocycles. The number of amides is 3. The molecule has 148 valence electrons. The third-order valence-electron chi connectivity index (χ3n) is 5.10. The molecule has 4 heterocycles. The predicted molar refractivity (Wildman–Crippen MR) is 103 cm³/mol. The molecular formula is C19H22N4O4S. The van der Waals surface area contributed by atoms with Gasteiger partial charge in [-0.25, -0.2) is 4.98 Å². The Morgan fingerprint density at radius 2 is 1.54 bits per heavy atom. The maximum absolute atomic E-state index is 12.7. The van der Waals surface area contributed by atoms with Gasteiger partial charge in [0.2, 0.25) is 0 Å². The summed E-state index contributed by atoms with van der Waals surface area (Å²) >= 11 is 1.36. The van der Waals surface area contributed by atoms with Crippen LogP contribution in [0.25, 0.3) is 10.8 Å². The zero-order valence-electron chi connectivity index (χ0n) is 15.7. The maximum atomic E-state index is 12.7. The van der Waals surface area contributed by atoms with Gasteiger partial charge in [0.1, 0.15) is 11.5 Å². The van der Waals surface area contributed by atoms with Gasteiger partial charge in [-0.2, -0.15) is 0 Å². The fourth-order valence-corrected chi connectivity index (χ4v) is 4.25. The summed E-state index contributed by atoms with van der Waals surface area (Å²) < 4.78 is 5.56. The topological polar surface area (TPSA) is 87.0 Å². The molecule has 0 radical (unpaired) electrons. The van der Waals surface area contributed by atoms with Crippen LogP contribution >= 0.6 is 11.3 Å². The van der Waals surface area contributed by atoms with Gasteiger partial charge in [-0.1, -0.05) is 0 Å². The molecular weight excluding hydrogens is 380 g/mol. The molecule has 2 saturated heterocycles. The number of thiazole rings is 1. The minimum absolute atomic E-state index is 0.163. The highest BCUT2D eigenvalue weighted by atomic mass is 32.1. The van der Waals surface area contributed by atoms with Gasteiger partial charge >= 0.3 is 11.8 Å². The highest BCUT2D eigenvalue weighted by Gasteiger charge is 2.32. The largest absolute Gasteiger partial charge is 0.459 e. The summed E-state index contributed by atoms with van der Waals surface area (Å²) in [6.07, 6.45) is 1.91. The van der Waals surface area contributed by atoms with E-state index in [1.54, 1.807) is 20.1 Å². The second-order valence-electron chi connectivity index (χ2n) is 7.03. The zero-order valence-corrected chi connectivity index (χ0v) is 16.5. The van der Waals surface area contributed by atoms with Crippen molar-refractivity contribution in [2.75, 3.05) is 39.3 Å². The molecule has 0 unspecified atom stereocenters. The van der Waals surface area contributed by atoms with E-state index >= 15 is 0 Å². The van der Waals surface area contributed by atoms with Crippen LogP contribution in [0.1, 0.15) is 29.1 Å². The second kappa shape index (κ2) is 7.75. The number of hydrogen-bond donors (Lipinski definition) is 0. The lowest BCUT2D eigenvalue weighted by Crippen LogP contribution is -2.54. The lowest BCUT2D eigenvalue weighted by Gasteiger charge is -2.34. The van der Waals surface area contributed by atoms with Crippen molar-refractivity contribution >= 4 is 29.1 Å². The van der Waals surface area contributed by atoms with Crippen LogP contribution in [0, 0.1) is 6.92 Å². The first-order valence-electron chi connectivity index (χ1n) is 9.43. The molecule has 3 amide bonds. The van der Waals surface area contributed by atoms with E-state index in [1.165, 1.54) is 11.3 Å². The Morgan fingerprint density at radius 1 is 0.929 bits per heavy atom. The van der Waals surface area contributed by atoms with Crippen molar-refractivity contribution in [1.29, 1.82) is 0 Å². The van der Waals surface area contributed by atoms with E-state index in [0.717, 1.165) is 18.6 Å².